The molecule has 0 saturated carbocycles. The van der Waals surface area contributed by atoms with Crippen molar-refractivity contribution in [3.8, 4) is 0 Å². The Labute approximate surface area is 161 Å². The fourth-order valence-electron chi connectivity index (χ4n) is 2.50. The third-order valence-electron chi connectivity index (χ3n) is 3.74. The van der Waals surface area contributed by atoms with Crippen LogP contribution in [0.1, 0.15) is 25.0 Å². The van der Waals surface area contributed by atoms with E-state index in [1.165, 1.54) is 12.4 Å². The predicted molar refractivity (Wildman–Crippen MR) is 114 cm³/mol. The minimum atomic E-state index is -0.181. The van der Waals surface area contributed by atoms with Crippen molar-refractivity contribution in [3.05, 3.63) is 77.9 Å². The number of amides is 1. The lowest BCUT2D eigenvalue weighted by Crippen LogP contribution is -2.34. The molecular formula is C22H28N4O. The summed E-state index contributed by atoms with van der Waals surface area (Å²) in [5.41, 5.74) is 8.79. The second-order valence-corrected chi connectivity index (χ2v) is 6.29. The molecule has 0 heterocycles. The predicted octanol–water partition coefficient (Wildman–Crippen LogP) is 3.43. The monoisotopic (exact) mass is 364 g/mol. The van der Waals surface area contributed by atoms with Crippen molar-refractivity contribution in [3.63, 3.8) is 0 Å². The van der Waals surface area contributed by atoms with Gasteiger partial charge in [0.2, 0.25) is 0 Å². The average Bonchev–Trinajstić information content (AvgIpc) is 2.62. The summed E-state index contributed by atoms with van der Waals surface area (Å²) in [6.07, 6.45) is 11.3. The van der Waals surface area contributed by atoms with E-state index in [-0.39, 0.29) is 18.0 Å². The Morgan fingerprint density at radius 2 is 2.04 bits per heavy atom. The highest BCUT2D eigenvalue weighted by atomic mass is 16.1. The normalized spacial score (nSPS) is 14.5. The number of hydrogen-bond donors (Lipinski definition) is 4. The average molecular weight is 364 g/mol. The molecule has 0 aliphatic carbocycles. The number of nitrogens with one attached hydrogen (secondary N) is 3. The van der Waals surface area contributed by atoms with Crippen LogP contribution in [0, 0.1) is 10.8 Å². The summed E-state index contributed by atoms with van der Waals surface area (Å²) >= 11 is 0. The summed E-state index contributed by atoms with van der Waals surface area (Å²) in [6.45, 7) is 7.42. The maximum absolute atomic E-state index is 12.5. The van der Waals surface area contributed by atoms with Crippen LogP contribution in [-0.4, -0.2) is 30.4 Å². The molecule has 142 valence electrons. The molecule has 1 aromatic carbocycles. The number of nitrogens with two attached hydrogens (primary N) is 1. The standard InChI is InChI=1S/C22H28N4O/c1-4-6-19(10-9-16(2)25)22(27)26-17(3)13-18-7-5-8-20(14-18)21(15-24)11-12-23/h4-12,14-17,23-24H,1,13,25H2,2-3H3,(H,26,27)/b10-9-,19-6+,21-11+,23-12?,24-15?. The molecule has 1 amide bonds. The summed E-state index contributed by atoms with van der Waals surface area (Å²) < 4.78 is 0. The van der Waals surface area contributed by atoms with Crippen molar-refractivity contribution in [2.24, 2.45) is 5.73 Å². The van der Waals surface area contributed by atoms with Gasteiger partial charge in [-0.1, -0.05) is 55.1 Å². The number of allylic oxidation sites excluding steroid dienone is 4. The van der Waals surface area contributed by atoms with E-state index in [4.69, 9.17) is 16.6 Å². The van der Waals surface area contributed by atoms with Crippen molar-refractivity contribution in [2.75, 3.05) is 0 Å². The molecule has 0 fully saturated rings. The van der Waals surface area contributed by atoms with E-state index < -0.39 is 0 Å². The Morgan fingerprint density at radius 3 is 2.63 bits per heavy atom. The van der Waals surface area contributed by atoms with Gasteiger partial charge in [-0.05, 0) is 37.5 Å². The molecule has 1 rings (SSSR count). The number of carbonyl (C=O) groups excluding carboxylic acids is 1. The number of carbonyl (C=O) groups is 1. The van der Waals surface area contributed by atoms with Crippen molar-refractivity contribution in [1.29, 1.82) is 10.8 Å². The lowest BCUT2D eigenvalue weighted by atomic mass is 10.00. The van der Waals surface area contributed by atoms with Gasteiger partial charge in [0.25, 0.3) is 5.91 Å². The molecule has 0 saturated heterocycles. The largest absolute Gasteiger partial charge is 0.349 e. The van der Waals surface area contributed by atoms with Crippen LogP contribution >= 0.6 is 0 Å². The SMILES string of the molecule is C=C/C=C(\C=C/C(C)N)C(=O)NC(C)Cc1cccc(/C(C=N)=C/C=N)c1. The second-order valence-electron chi connectivity index (χ2n) is 6.29. The first-order valence-corrected chi connectivity index (χ1v) is 8.79. The molecule has 2 unspecified atom stereocenters. The minimum absolute atomic E-state index is 0.0835. The third kappa shape index (κ3) is 7.79. The summed E-state index contributed by atoms with van der Waals surface area (Å²) in [7, 11) is 0. The molecule has 0 bridgehead atoms. The first-order valence-electron chi connectivity index (χ1n) is 8.79. The third-order valence-corrected chi connectivity index (χ3v) is 3.74. The Balaban J connectivity index is 2.85. The first kappa shape index (κ1) is 22.0. The van der Waals surface area contributed by atoms with E-state index in [0.717, 1.165) is 11.1 Å². The number of rotatable bonds is 10. The van der Waals surface area contributed by atoms with E-state index in [1.807, 2.05) is 38.1 Å². The highest BCUT2D eigenvalue weighted by Gasteiger charge is 2.11. The molecule has 0 aliphatic heterocycles. The van der Waals surface area contributed by atoms with Crippen LogP contribution in [0.15, 0.2) is 66.8 Å². The molecule has 0 aromatic heterocycles. The van der Waals surface area contributed by atoms with Crippen LogP contribution < -0.4 is 11.1 Å². The Morgan fingerprint density at radius 1 is 1.30 bits per heavy atom. The Kier molecular flexibility index (Phi) is 9.40. The van der Waals surface area contributed by atoms with Gasteiger partial charge in [-0.15, -0.1) is 0 Å². The van der Waals surface area contributed by atoms with Gasteiger partial charge in [0.05, 0.1) is 0 Å². The van der Waals surface area contributed by atoms with E-state index in [9.17, 15) is 4.79 Å². The molecular weight excluding hydrogens is 336 g/mol. The first-order chi connectivity index (χ1) is 12.9. The molecule has 0 aliphatic rings. The van der Waals surface area contributed by atoms with Crippen LogP contribution in [0.5, 0.6) is 0 Å². The Bertz CT molecular complexity index is 772. The van der Waals surface area contributed by atoms with Gasteiger partial charge in [-0.25, -0.2) is 0 Å². The fourth-order valence-corrected chi connectivity index (χ4v) is 2.50. The van der Waals surface area contributed by atoms with E-state index in [2.05, 4.69) is 11.9 Å². The highest BCUT2D eigenvalue weighted by molar-refractivity contribution is 6.12. The van der Waals surface area contributed by atoms with Crippen LogP contribution in [-0.2, 0) is 11.2 Å². The van der Waals surface area contributed by atoms with Gasteiger partial charge in [0.15, 0.2) is 0 Å². The molecule has 2 atom stereocenters. The smallest absolute Gasteiger partial charge is 0.251 e. The van der Waals surface area contributed by atoms with E-state index in [1.54, 1.807) is 30.4 Å². The maximum atomic E-state index is 12.5. The van der Waals surface area contributed by atoms with Crippen LogP contribution in [0.3, 0.4) is 0 Å². The quantitative estimate of drug-likeness (QED) is 0.290. The Hall–Kier alpha value is -3.05. The molecule has 27 heavy (non-hydrogen) atoms. The molecule has 0 radical (unpaired) electrons. The van der Waals surface area contributed by atoms with Gasteiger partial charge in [0.1, 0.15) is 0 Å². The molecule has 5 N–H and O–H groups in total. The van der Waals surface area contributed by atoms with Crippen molar-refractivity contribution in [1.82, 2.24) is 5.32 Å². The topological polar surface area (TPSA) is 103 Å². The molecule has 5 nitrogen and oxygen atoms in total. The number of benzene rings is 1. The van der Waals surface area contributed by atoms with Crippen molar-refractivity contribution >= 4 is 23.9 Å². The van der Waals surface area contributed by atoms with Gasteiger partial charge >= 0.3 is 0 Å². The van der Waals surface area contributed by atoms with Crippen LogP contribution in [0.2, 0.25) is 0 Å². The van der Waals surface area contributed by atoms with Gasteiger partial charge in [-0.3, -0.25) is 4.79 Å². The number of hydrogen-bond acceptors (Lipinski definition) is 4. The summed E-state index contributed by atoms with van der Waals surface area (Å²) in [5.74, 6) is -0.181. The minimum Gasteiger partial charge on any atom is -0.349 e. The summed E-state index contributed by atoms with van der Waals surface area (Å²) in [6, 6.07) is 7.54. The van der Waals surface area contributed by atoms with E-state index in [0.29, 0.717) is 17.6 Å². The fraction of sp³-hybridized carbons (Fsp3) is 0.227. The summed E-state index contributed by atoms with van der Waals surface area (Å²) in [4.78, 5) is 12.5. The van der Waals surface area contributed by atoms with Crippen molar-refractivity contribution in [2.45, 2.75) is 32.4 Å². The molecule has 5 heteroatoms. The van der Waals surface area contributed by atoms with Gasteiger partial charge in [-0.2, -0.15) is 0 Å². The van der Waals surface area contributed by atoms with E-state index >= 15 is 0 Å². The second kappa shape index (κ2) is 11.5. The van der Waals surface area contributed by atoms with Crippen LogP contribution in [0.4, 0.5) is 0 Å². The van der Waals surface area contributed by atoms with Gasteiger partial charge < -0.3 is 21.9 Å². The van der Waals surface area contributed by atoms with Crippen molar-refractivity contribution < 1.29 is 4.79 Å². The zero-order chi connectivity index (χ0) is 20.2. The summed E-state index contributed by atoms with van der Waals surface area (Å²) in [5, 5.41) is 17.6. The van der Waals surface area contributed by atoms with Gasteiger partial charge in [0, 0.05) is 35.7 Å². The molecule has 1 aromatic rings. The van der Waals surface area contributed by atoms with Crippen LogP contribution in [0.25, 0.3) is 5.57 Å². The zero-order valence-electron chi connectivity index (χ0n) is 15.9. The maximum Gasteiger partial charge on any atom is 0.251 e. The lowest BCUT2D eigenvalue weighted by Gasteiger charge is -2.15. The zero-order valence-corrected chi connectivity index (χ0v) is 15.9. The molecule has 0 spiro atoms. The lowest BCUT2D eigenvalue weighted by molar-refractivity contribution is -0.117. The highest BCUT2D eigenvalue weighted by Crippen LogP contribution is 2.15.